The second-order valence-electron chi connectivity index (χ2n) is 5.67. The van der Waals surface area contributed by atoms with Crippen molar-refractivity contribution < 1.29 is 23.1 Å². The van der Waals surface area contributed by atoms with E-state index in [4.69, 9.17) is 5.26 Å². The van der Waals surface area contributed by atoms with Gasteiger partial charge in [0.2, 0.25) is 5.91 Å². The Morgan fingerprint density at radius 3 is 2.46 bits per heavy atom. The number of methoxy groups -OCH3 is 1. The Kier molecular flexibility index (Phi) is 6.23. The first kappa shape index (κ1) is 19.4. The number of ether oxygens (including phenoxy) is 1. The molecule has 1 amide bonds. The van der Waals surface area contributed by atoms with Crippen LogP contribution in [-0.2, 0) is 9.53 Å². The van der Waals surface area contributed by atoms with Crippen LogP contribution in [-0.4, -0.2) is 31.1 Å². The molecule has 2 N–H and O–H groups in total. The molecule has 0 heterocycles. The van der Waals surface area contributed by atoms with E-state index in [-0.39, 0.29) is 18.2 Å². The lowest BCUT2D eigenvalue weighted by Crippen LogP contribution is -2.50. The van der Waals surface area contributed by atoms with Gasteiger partial charge in [-0.15, -0.1) is 0 Å². The summed E-state index contributed by atoms with van der Waals surface area (Å²) in [4.78, 5) is 23.3. The van der Waals surface area contributed by atoms with Crippen molar-refractivity contribution in [2.24, 2.45) is 5.92 Å². The summed E-state index contributed by atoms with van der Waals surface area (Å²) in [6.07, 6.45) is 0. The van der Waals surface area contributed by atoms with Gasteiger partial charge in [-0.25, -0.2) is 13.6 Å². The summed E-state index contributed by atoms with van der Waals surface area (Å²) in [5.74, 6) is -3.67. The predicted molar refractivity (Wildman–Crippen MR) is 83.2 cm³/mol. The zero-order valence-corrected chi connectivity index (χ0v) is 13.9. The molecule has 0 aromatic heterocycles. The van der Waals surface area contributed by atoms with Gasteiger partial charge in [0, 0.05) is 6.07 Å². The molecule has 0 saturated carbocycles. The summed E-state index contributed by atoms with van der Waals surface area (Å²) in [7, 11) is 1.07. The second-order valence-corrected chi connectivity index (χ2v) is 5.67. The lowest BCUT2D eigenvalue weighted by molar-refractivity contribution is -0.121. The zero-order valence-electron chi connectivity index (χ0n) is 13.9. The topological polar surface area (TPSA) is 91.2 Å². The monoisotopic (exact) mass is 339 g/mol. The number of anilines is 1. The molecule has 0 aliphatic rings. The number of nitrogens with zero attached hydrogens (tertiary/aromatic N) is 1. The number of halogens is 2. The second kappa shape index (κ2) is 7.73. The third-order valence-corrected chi connectivity index (χ3v) is 3.69. The van der Waals surface area contributed by atoms with E-state index in [2.05, 4.69) is 15.4 Å². The normalized spacial score (nSPS) is 12.9. The van der Waals surface area contributed by atoms with Crippen LogP contribution in [0.1, 0.15) is 31.1 Å². The van der Waals surface area contributed by atoms with E-state index in [9.17, 15) is 18.4 Å². The van der Waals surface area contributed by atoms with E-state index in [0.717, 1.165) is 13.2 Å². The molecule has 0 saturated heterocycles. The summed E-state index contributed by atoms with van der Waals surface area (Å²) < 4.78 is 31.7. The molecule has 130 valence electrons. The number of hydrogen-bond acceptors (Lipinski definition) is 5. The van der Waals surface area contributed by atoms with Crippen LogP contribution < -0.4 is 10.6 Å². The van der Waals surface area contributed by atoms with E-state index in [1.165, 1.54) is 0 Å². The van der Waals surface area contributed by atoms with Crippen LogP contribution in [0.5, 0.6) is 0 Å². The first-order valence-electron chi connectivity index (χ1n) is 7.18. The largest absolute Gasteiger partial charge is 0.465 e. The molecule has 1 atom stereocenters. The number of esters is 1. The van der Waals surface area contributed by atoms with Crippen LogP contribution in [0, 0.1) is 28.9 Å². The maximum Gasteiger partial charge on any atom is 0.340 e. The van der Waals surface area contributed by atoms with E-state index in [1.54, 1.807) is 20.8 Å². The molecule has 0 aliphatic heterocycles. The molecule has 24 heavy (non-hydrogen) atoms. The molecule has 0 radical (unpaired) electrons. The van der Waals surface area contributed by atoms with Crippen LogP contribution in [0.15, 0.2) is 12.1 Å². The lowest BCUT2D eigenvalue weighted by atomic mass is 9.90. The molecule has 1 aromatic rings. The molecular weight excluding hydrogens is 320 g/mol. The highest BCUT2D eigenvalue weighted by atomic mass is 19.1. The van der Waals surface area contributed by atoms with Crippen molar-refractivity contribution >= 4 is 17.6 Å². The summed E-state index contributed by atoms with van der Waals surface area (Å²) in [5, 5.41) is 14.2. The summed E-state index contributed by atoms with van der Waals surface area (Å²) in [6.45, 7) is 4.77. The van der Waals surface area contributed by atoms with E-state index in [0.29, 0.717) is 6.07 Å². The van der Waals surface area contributed by atoms with Gasteiger partial charge in [0.1, 0.15) is 17.2 Å². The Balaban J connectivity index is 2.86. The highest BCUT2D eigenvalue weighted by Gasteiger charge is 2.29. The number of nitrogens with one attached hydrogen (secondary N) is 2. The number of hydrogen-bond donors (Lipinski definition) is 2. The Hall–Kier alpha value is -2.69. The van der Waals surface area contributed by atoms with Gasteiger partial charge >= 0.3 is 5.97 Å². The first-order valence-corrected chi connectivity index (χ1v) is 7.18. The minimum atomic E-state index is -1.07. The molecule has 6 nitrogen and oxygen atoms in total. The maximum atomic E-state index is 13.7. The number of carbonyl (C=O) groups is 2. The van der Waals surface area contributed by atoms with E-state index < -0.39 is 34.6 Å². The smallest absolute Gasteiger partial charge is 0.340 e. The molecular formula is C16H19F2N3O3. The standard InChI is InChI=1S/C16H19F2N3O3/c1-9(2)16(3,8-19)21-14(22)7-20-13-5-10(15(23)24-4)11(17)6-12(13)18/h5-6,9,20H,7H2,1-4H3,(H,21,22)/t16-/m0/s1. The third kappa shape index (κ3) is 4.41. The minimum absolute atomic E-state index is 0.139. The zero-order chi connectivity index (χ0) is 18.5. The lowest BCUT2D eigenvalue weighted by Gasteiger charge is -2.27. The fraction of sp³-hybridized carbons (Fsp3) is 0.438. The number of carbonyl (C=O) groups excluding carboxylic acids is 2. The SMILES string of the molecule is COC(=O)c1cc(NCC(=O)N[C@@](C)(C#N)C(C)C)c(F)cc1F. The molecule has 0 unspecified atom stereocenters. The van der Waals surface area contributed by atoms with E-state index in [1.807, 2.05) is 6.07 Å². The average molecular weight is 339 g/mol. The van der Waals surface area contributed by atoms with Crippen molar-refractivity contribution in [2.45, 2.75) is 26.3 Å². The van der Waals surface area contributed by atoms with Crippen LogP contribution >= 0.6 is 0 Å². The van der Waals surface area contributed by atoms with Gasteiger partial charge in [-0.1, -0.05) is 13.8 Å². The molecule has 1 rings (SSSR count). The Morgan fingerprint density at radius 1 is 1.33 bits per heavy atom. The van der Waals surface area contributed by atoms with Crippen molar-refractivity contribution in [2.75, 3.05) is 19.0 Å². The van der Waals surface area contributed by atoms with Gasteiger partial charge in [-0.2, -0.15) is 5.26 Å². The van der Waals surface area contributed by atoms with Gasteiger partial charge in [0.25, 0.3) is 0 Å². The predicted octanol–water partition coefficient (Wildman–Crippen LogP) is 2.22. The van der Waals surface area contributed by atoms with Gasteiger partial charge in [-0.05, 0) is 18.9 Å². The third-order valence-electron chi connectivity index (χ3n) is 3.69. The highest BCUT2D eigenvalue weighted by Crippen LogP contribution is 2.20. The van der Waals surface area contributed by atoms with Crippen LogP contribution in [0.3, 0.4) is 0 Å². The Morgan fingerprint density at radius 2 is 1.96 bits per heavy atom. The van der Waals surface area contributed by atoms with Crippen molar-refractivity contribution in [3.63, 3.8) is 0 Å². The number of nitriles is 1. The Bertz CT molecular complexity index is 686. The van der Waals surface area contributed by atoms with Gasteiger partial charge < -0.3 is 15.4 Å². The summed E-state index contributed by atoms with van der Waals surface area (Å²) >= 11 is 0. The number of rotatable bonds is 6. The maximum absolute atomic E-state index is 13.7. The Labute approximate surface area is 138 Å². The fourth-order valence-electron chi connectivity index (χ4n) is 1.76. The molecule has 0 bridgehead atoms. The quantitative estimate of drug-likeness (QED) is 0.776. The molecule has 0 fully saturated rings. The van der Waals surface area contributed by atoms with Crippen molar-refractivity contribution in [1.29, 1.82) is 5.26 Å². The van der Waals surface area contributed by atoms with Gasteiger partial charge in [0.15, 0.2) is 0 Å². The van der Waals surface area contributed by atoms with Crippen LogP contribution in [0.2, 0.25) is 0 Å². The fourth-order valence-corrected chi connectivity index (χ4v) is 1.76. The molecule has 0 spiro atoms. The highest BCUT2D eigenvalue weighted by molar-refractivity contribution is 5.91. The minimum Gasteiger partial charge on any atom is -0.465 e. The van der Waals surface area contributed by atoms with Crippen LogP contribution in [0.4, 0.5) is 14.5 Å². The molecule has 8 heteroatoms. The van der Waals surface area contributed by atoms with Crippen LogP contribution in [0.25, 0.3) is 0 Å². The van der Waals surface area contributed by atoms with Crippen molar-refractivity contribution in [3.8, 4) is 6.07 Å². The summed E-state index contributed by atoms with van der Waals surface area (Å²) in [6, 6.07) is 3.47. The number of benzene rings is 1. The number of amides is 1. The van der Waals surface area contributed by atoms with E-state index >= 15 is 0 Å². The van der Waals surface area contributed by atoms with Crippen molar-refractivity contribution in [3.05, 3.63) is 29.3 Å². The van der Waals surface area contributed by atoms with Gasteiger partial charge in [0.05, 0.1) is 31.0 Å². The van der Waals surface area contributed by atoms with Crippen molar-refractivity contribution in [1.82, 2.24) is 5.32 Å². The molecule has 0 aliphatic carbocycles. The molecule has 1 aromatic carbocycles. The first-order chi connectivity index (χ1) is 11.1. The average Bonchev–Trinajstić information content (AvgIpc) is 2.52. The van der Waals surface area contributed by atoms with Gasteiger partial charge in [-0.3, -0.25) is 4.79 Å². The summed E-state index contributed by atoms with van der Waals surface area (Å²) in [5.41, 5.74) is -1.75.